The molecule has 4 rings (SSSR count). The van der Waals surface area contributed by atoms with Crippen molar-refractivity contribution in [2.24, 2.45) is 5.41 Å². The molecule has 1 saturated carbocycles. The Bertz CT molecular complexity index is 1050. The van der Waals surface area contributed by atoms with Crippen LogP contribution in [0.25, 0.3) is 0 Å². The first-order valence-corrected chi connectivity index (χ1v) is 11.8. The second-order valence-electron chi connectivity index (χ2n) is 9.41. The fourth-order valence-corrected chi connectivity index (χ4v) is 5.81. The first-order valence-electron chi connectivity index (χ1n) is 11.0. The minimum absolute atomic E-state index is 0.281. The number of hydrogen-bond donors (Lipinski definition) is 3. The Morgan fingerprint density at radius 1 is 1.06 bits per heavy atom. The molecule has 0 aromatic heterocycles. The number of benzene rings is 2. The molecule has 0 unspecified atom stereocenters. The number of halogens is 2. The van der Waals surface area contributed by atoms with E-state index in [-0.39, 0.29) is 18.2 Å². The van der Waals surface area contributed by atoms with Crippen LogP contribution in [0.5, 0.6) is 0 Å². The number of likely N-dealkylation sites (tertiary alicyclic amines) is 1. The number of carboxylic acid groups (broad SMARTS) is 1. The molecule has 0 spiro atoms. The summed E-state index contributed by atoms with van der Waals surface area (Å²) in [5.41, 5.74) is 0.517. The van der Waals surface area contributed by atoms with Crippen molar-refractivity contribution in [1.82, 2.24) is 4.90 Å². The van der Waals surface area contributed by atoms with Crippen molar-refractivity contribution in [2.75, 3.05) is 0 Å². The number of carbonyl (C=O) groups excluding carboxylic acids is 1. The van der Waals surface area contributed by atoms with Gasteiger partial charge in [-0.1, -0.05) is 54.4 Å². The van der Waals surface area contributed by atoms with Crippen molar-refractivity contribution in [2.45, 2.75) is 62.8 Å². The summed E-state index contributed by atoms with van der Waals surface area (Å²) < 4.78 is 0. The third-order valence-corrected chi connectivity index (χ3v) is 7.52. The summed E-state index contributed by atoms with van der Waals surface area (Å²) in [5, 5.41) is 31.8. The van der Waals surface area contributed by atoms with Crippen molar-refractivity contribution in [3.8, 4) is 0 Å². The summed E-state index contributed by atoms with van der Waals surface area (Å²) in [5.74, 6) is -1.68. The molecule has 6 atom stereocenters. The smallest absolute Gasteiger partial charge is 0.304 e. The predicted octanol–water partition coefficient (Wildman–Crippen LogP) is 4.42. The van der Waals surface area contributed by atoms with Gasteiger partial charge in [0.05, 0.1) is 30.0 Å². The number of aliphatic hydroxyl groups is 2. The van der Waals surface area contributed by atoms with Crippen LogP contribution in [0.3, 0.4) is 0 Å². The zero-order valence-electron chi connectivity index (χ0n) is 18.2. The third kappa shape index (κ3) is 4.62. The van der Waals surface area contributed by atoms with Crippen LogP contribution in [0.15, 0.2) is 48.5 Å². The number of nitrogens with zero attached hydrogens (tertiary/aromatic N) is 1. The Labute approximate surface area is 202 Å². The van der Waals surface area contributed by atoms with E-state index in [0.29, 0.717) is 29.3 Å². The van der Waals surface area contributed by atoms with Gasteiger partial charge in [-0.2, -0.15) is 0 Å². The molecule has 3 N–H and O–H groups in total. The van der Waals surface area contributed by atoms with Gasteiger partial charge in [-0.05, 0) is 54.7 Å². The fraction of sp³-hybridized carbons (Fsp3) is 0.440. The normalized spacial score (nSPS) is 32.2. The molecule has 2 aromatic rings. The first-order chi connectivity index (χ1) is 15.6. The van der Waals surface area contributed by atoms with Crippen molar-refractivity contribution in [3.63, 3.8) is 0 Å². The molecular weight excluding hydrogens is 465 g/mol. The standard InChI is InChI=1S/C25H27Cl2NO5/c1-25(13-21(30)31)12-18(15-3-2-4-17(27)11-15)22(14-5-7-16(26)8-6-14)28(24(25)33)19-9-10-20(29)23(19)32/h2-8,11,18-20,22-23,29,32H,9-10,12-13H2,1H3,(H,30,31)/t18-,19+,20+,22-,23-,25+/m1/s1. The van der Waals surface area contributed by atoms with E-state index in [2.05, 4.69) is 0 Å². The van der Waals surface area contributed by atoms with Crippen molar-refractivity contribution >= 4 is 35.1 Å². The Morgan fingerprint density at radius 2 is 1.76 bits per heavy atom. The minimum Gasteiger partial charge on any atom is -0.481 e. The van der Waals surface area contributed by atoms with E-state index in [1.54, 1.807) is 30.0 Å². The van der Waals surface area contributed by atoms with E-state index in [1.807, 2.05) is 30.3 Å². The Balaban J connectivity index is 1.90. The quantitative estimate of drug-likeness (QED) is 0.574. The number of rotatable bonds is 5. The highest BCUT2D eigenvalue weighted by molar-refractivity contribution is 6.30. The maximum atomic E-state index is 13.9. The Hall–Kier alpha value is -2.12. The lowest BCUT2D eigenvalue weighted by atomic mass is 9.67. The summed E-state index contributed by atoms with van der Waals surface area (Å²) in [6.07, 6.45) is -1.31. The van der Waals surface area contributed by atoms with E-state index >= 15 is 0 Å². The highest BCUT2D eigenvalue weighted by Gasteiger charge is 2.54. The van der Waals surface area contributed by atoms with Gasteiger partial charge >= 0.3 is 5.97 Å². The van der Waals surface area contributed by atoms with Gasteiger partial charge in [0, 0.05) is 16.0 Å². The molecule has 33 heavy (non-hydrogen) atoms. The third-order valence-electron chi connectivity index (χ3n) is 7.04. The molecule has 2 aliphatic rings. The average molecular weight is 492 g/mol. The molecule has 1 saturated heterocycles. The van der Waals surface area contributed by atoms with Gasteiger partial charge < -0.3 is 20.2 Å². The van der Waals surface area contributed by atoms with Crippen LogP contribution < -0.4 is 0 Å². The Morgan fingerprint density at radius 3 is 2.33 bits per heavy atom. The predicted molar refractivity (Wildman–Crippen MR) is 125 cm³/mol. The maximum absolute atomic E-state index is 13.9. The molecule has 1 heterocycles. The van der Waals surface area contributed by atoms with Gasteiger partial charge in [0.25, 0.3) is 0 Å². The topological polar surface area (TPSA) is 98.1 Å². The molecular formula is C25H27Cl2NO5. The van der Waals surface area contributed by atoms with Gasteiger partial charge in [0.2, 0.25) is 5.91 Å². The monoisotopic (exact) mass is 491 g/mol. The van der Waals surface area contributed by atoms with Crippen LogP contribution >= 0.6 is 23.2 Å². The van der Waals surface area contributed by atoms with Crippen LogP contribution in [-0.2, 0) is 9.59 Å². The van der Waals surface area contributed by atoms with Gasteiger partial charge in [-0.3, -0.25) is 9.59 Å². The summed E-state index contributed by atoms with van der Waals surface area (Å²) in [7, 11) is 0. The van der Waals surface area contributed by atoms with Crippen molar-refractivity contribution < 1.29 is 24.9 Å². The number of carbonyl (C=O) groups is 2. The second kappa shape index (κ2) is 9.26. The zero-order chi connectivity index (χ0) is 23.9. The van der Waals surface area contributed by atoms with Gasteiger partial charge in [0.1, 0.15) is 6.10 Å². The van der Waals surface area contributed by atoms with E-state index in [1.165, 1.54) is 0 Å². The molecule has 0 radical (unpaired) electrons. The summed E-state index contributed by atoms with van der Waals surface area (Å²) in [6, 6.07) is 13.4. The number of amides is 1. The zero-order valence-corrected chi connectivity index (χ0v) is 19.7. The molecule has 6 nitrogen and oxygen atoms in total. The molecule has 1 amide bonds. The van der Waals surface area contributed by atoms with Crippen molar-refractivity contribution in [1.29, 1.82) is 0 Å². The van der Waals surface area contributed by atoms with Crippen LogP contribution in [0, 0.1) is 5.41 Å². The summed E-state index contributed by atoms with van der Waals surface area (Å²) >= 11 is 12.4. The van der Waals surface area contributed by atoms with Crippen LogP contribution in [0.1, 0.15) is 55.7 Å². The molecule has 176 valence electrons. The first kappa shape index (κ1) is 24.0. The number of piperidine rings is 1. The van der Waals surface area contributed by atoms with Crippen molar-refractivity contribution in [3.05, 3.63) is 69.7 Å². The van der Waals surface area contributed by atoms with Crippen LogP contribution in [0.2, 0.25) is 10.0 Å². The van der Waals surface area contributed by atoms with E-state index in [0.717, 1.165) is 11.1 Å². The second-order valence-corrected chi connectivity index (χ2v) is 10.3. The lowest BCUT2D eigenvalue weighted by Crippen LogP contribution is -2.58. The largest absolute Gasteiger partial charge is 0.481 e. The SMILES string of the molecule is C[C@@]1(CC(=O)O)C[C@H](c2cccc(Cl)c2)[C@@H](c2ccc(Cl)cc2)N([C@H]2CC[C@H](O)[C@@H]2O)C1=O. The van der Waals surface area contributed by atoms with E-state index in [9.17, 15) is 24.9 Å². The maximum Gasteiger partial charge on any atom is 0.304 e. The lowest BCUT2D eigenvalue weighted by Gasteiger charge is -2.52. The Kier molecular flexibility index (Phi) is 6.74. The molecule has 8 heteroatoms. The number of carboxylic acids is 1. The lowest BCUT2D eigenvalue weighted by molar-refractivity contribution is -0.163. The van der Waals surface area contributed by atoms with E-state index in [4.69, 9.17) is 23.2 Å². The number of hydrogen-bond acceptors (Lipinski definition) is 4. The highest BCUT2D eigenvalue weighted by Crippen LogP contribution is 2.53. The van der Waals surface area contributed by atoms with Crippen LogP contribution in [0.4, 0.5) is 0 Å². The fourth-order valence-electron chi connectivity index (χ4n) is 5.49. The average Bonchev–Trinajstić information content (AvgIpc) is 3.08. The summed E-state index contributed by atoms with van der Waals surface area (Å²) in [4.78, 5) is 27.3. The molecule has 1 aliphatic heterocycles. The molecule has 2 fully saturated rings. The van der Waals surface area contributed by atoms with Gasteiger partial charge in [-0.25, -0.2) is 0 Å². The minimum atomic E-state index is -1.19. The number of aliphatic carboxylic acids is 1. The van der Waals surface area contributed by atoms with Gasteiger partial charge in [-0.15, -0.1) is 0 Å². The van der Waals surface area contributed by atoms with Crippen LogP contribution in [-0.4, -0.2) is 50.3 Å². The van der Waals surface area contributed by atoms with E-state index < -0.39 is 35.7 Å². The molecule has 1 aliphatic carbocycles. The summed E-state index contributed by atoms with van der Waals surface area (Å²) in [6.45, 7) is 1.67. The molecule has 2 aromatic carbocycles. The van der Waals surface area contributed by atoms with Gasteiger partial charge in [0.15, 0.2) is 0 Å². The number of aliphatic hydroxyl groups excluding tert-OH is 2. The molecule has 0 bridgehead atoms. The highest BCUT2D eigenvalue weighted by atomic mass is 35.5.